The second-order valence-electron chi connectivity index (χ2n) is 9.42. The molecule has 0 radical (unpaired) electrons. The van der Waals surface area contributed by atoms with Gasteiger partial charge in [0, 0.05) is 36.0 Å². The summed E-state index contributed by atoms with van der Waals surface area (Å²) in [5.41, 5.74) is 1.08. The predicted octanol–water partition coefficient (Wildman–Crippen LogP) is 2.38. The van der Waals surface area contributed by atoms with Crippen molar-refractivity contribution >= 4 is 29.2 Å². The predicted molar refractivity (Wildman–Crippen MR) is 139 cm³/mol. The van der Waals surface area contributed by atoms with Crippen LogP contribution in [-0.4, -0.2) is 80.4 Å². The van der Waals surface area contributed by atoms with Crippen molar-refractivity contribution in [2.24, 2.45) is 0 Å². The molecule has 3 aliphatic heterocycles. The monoisotopic (exact) mass is 535 g/mol. The van der Waals surface area contributed by atoms with Crippen LogP contribution in [0, 0.1) is 0 Å². The van der Waals surface area contributed by atoms with Crippen molar-refractivity contribution in [2.45, 2.75) is 31.3 Å². The number of hydrogen-bond acceptors (Lipinski definition) is 8. The van der Waals surface area contributed by atoms with Crippen LogP contribution in [0.1, 0.15) is 29.6 Å². The van der Waals surface area contributed by atoms with E-state index in [2.05, 4.69) is 0 Å². The van der Waals surface area contributed by atoms with Crippen LogP contribution in [0.4, 0.5) is 5.69 Å². The zero-order chi connectivity index (χ0) is 27.8. The minimum Gasteiger partial charge on any atom is -0.497 e. The molecule has 2 aromatic rings. The molecule has 2 saturated heterocycles. The Labute approximate surface area is 225 Å². The van der Waals surface area contributed by atoms with Gasteiger partial charge in [-0.05, 0) is 31.4 Å². The van der Waals surface area contributed by atoms with E-state index in [4.69, 9.17) is 18.9 Å². The molecule has 3 heterocycles. The molecule has 2 fully saturated rings. The minimum atomic E-state index is -0.832. The SMILES string of the molecule is COc1cc(OC)cc(C(=O)C(=O)N2[C@@H]3CCC[C@H]2C2=CN(c4cc(OC)cc(OC)c4)C(=O)CN2C3=O)c1. The fraction of sp³-hybridized carbons (Fsp3) is 0.357. The lowest BCUT2D eigenvalue weighted by Gasteiger charge is -2.51. The minimum absolute atomic E-state index is 0.0991. The molecule has 0 spiro atoms. The van der Waals surface area contributed by atoms with Crippen molar-refractivity contribution in [1.82, 2.24) is 9.80 Å². The molecule has 0 unspecified atom stereocenters. The van der Waals surface area contributed by atoms with Gasteiger partial charge in [-0.2, -0.15) is 0 Å². The van der Waals surface area contributed by atoms with Gasteiger partial charge in [-0.3, -0.25) is 24.1 Å². The molecule has 204 valence electrons. The number of piperidine rings is 1. The molecule has 11 heteroatoms. The number of fused-ring (bicyclic) bond motifs is 4. The second-order valence-corrected chi connectivity index (χ2v) is 9.42. The number of amides is 3. The van der Waals surface area contributed by atoms with Crippen LogP contribution >= 0.6 is 0 Å². The number of Topliss-reactive ketones (excluding diaryl/α,β-unsaturated/α-hetero) is 1. The maximum absolute atomic E-state index is 13.7. The van der Waals surface area contributed by atoms with Gasteiger partial charge in [0.05, 0.1) is 45.9 Å². The van der Waals surface area contributed by atoms with Crippen molar-refractivity contribution in [3.8, 4) is 23.0 Å². The topological polar surface area (TPSA) is 115 Å². The van der Waals surface area contributed by atoms with Crippen LogP contribution in [0.2, 0.25) is 0 Å². The summed E-state index contributed by atoms with van der Waals surface area (Å²) in [5, 5.41) is 0. The molecule has 5 rings (SSSR count). The number of anilines is 1. The van der Waals surface area contributed by atoms with Crippen LogP contribution in [-0.2, 0) is 14.4 Å². The number of rotatable bonds is 7. The average Bonchev–Trinajstić information content (AvgIpc) is 2.98. The number of piperazine rings is 1. The number of ketones is 1. The lowest BCUT2D eigenvalue weighted by Crippen LogP contribution is -2.67. The van der Waals surface area contributed by atoms with Gasteiger partial charge < -0.3 is 28.7 Å². The maximum atomic E-state index is 13.7. The highest BCUT2D eigenvalue weighted by atomic mass is 16.5. The van der Waals surface area contributed by atoms with E-state index in [1.807, 2.05) is 0 Å². The van der Waals surface area contributed by atoms with Crippen LogP contribution in [0.5, 0.6) is 23.0 Å². The van der Waals surface area contributed by atoms with Gasteiger partial charge in [0.1, 0.15) is 35.6 Å². The van der Waals surface area contributed by atoms with Crippen LogP contribution in [0.3, 0.4) is 0 Å². The summed E-state index contributed by atoms with van der Waals surface area (Å²) in [7, 11) is 5.93. The fourth-order valence-electron chi connectivity index (χ4n) is 5.37. The van der Waals surface area contributed by atoms with Gasteiger partial charge in [-0.1, -0.05) is 0 Å². The van der Waals surface area contributed by atoms with Gasteiger partial charge in [0.25, 0.3) is 17.6 Å². The number of benzene rings is 2. The highest BCUT2D eigenvalue weighted by Crippen LogP contribution is 2.39. The molecule has 3 amide bonds. The lowest BCUT2D eigenvalue weighted by molar-refractivity contribution is -0.154. The third-order valence-electron chi connectivity index (χ3n) is 7.31. The molecule has 0 aromatic heterocycles. The number of methoxy groups -OCH3 is 4. The van der Waals surface area contributed by atoms with Gasteiger partial charge in [0.15, 0.2) is 0 Å². The largest absolute Gasteiger partial charge is 0.497 e. The van der Waals surface area contributed by atoms with Crippen LogP contribution < -0.4 is 23.8 Å². The van der Waals surface area contributed by atoms with Gasteiger partial charge in [-0.15, -0.1) is 0 Å². The molecule has 11 nitrogen and oxygen atoms in total. The average molecular weight is 536 g/mol. The second kappa shape index (κ2) is 10.3. The number of carbonyl (C=O) groups excluding carboxylic acids is 4. The lowest BCUT2D eigenvalue weighted by atomic mass is 9.86. The highest BCUT2D eigenvalue weighted by molar-refractivity contribution is 6.43. The van der Waals surface area contributed by atoms with Crippen molar-refractivity contribution in [3.05, 3.63) is 53.9 Å². The number of hydrogen-bond donors (Lipinski definition) is 0. The van der Waals surface area contributed by atoms with E-state index in [0.717, 1.165) is 0 Å². The molecule has 39 heavy (non-hydrogen) atoms. The standard InChI is InChI=1S/C28H29N3O8/c1-36-18-8-16(9-19(12-18)37-2)26(33)28(35)31-22-6-5-7-23(31)27(34)30-15-25(32)29(14-24(22)30)17-10-20(38-3)13-21(11-17)39-4/h8-14,22-23H,5-7,15H2,1-4H3/t22-,23+/m0/s1. The molecular weight excluding hydrogens is 506 g/mol. The Bertz CT molecular complexity index is 1340. The van der Waals surface area contributed by atoms with Crippen molar-refractivity contribution in [1.29, 1.82) is 0 Å². The van der Waals surface area contributed by atoms with Crippen LogP contribution in [0.15, 0.2) is 48.3 Å². The molecule has 2 bridgehead atoms. The van der Waals surface area contributed by atoms with Gasteiger partial charge >= 0.3 is 0 Å². The van der Waals surface area contributed by atoms with E-state index in [9.17, 15) is 19.2 Å². The smallest absolute Gasteiger partial charge is 0.296 e. The normalized spacial score (nSPS) is 20.2. The zero-order valence-electron chi connectivity index (χ0n) is 22.1. The quantitative estimate of drug-likeness (QED) is 0.392. The summed E-state index contributed by atoms with van der Waals surface area (Å²) in [6.45, 7) is -0.180. The first-order valence-electron chi connectivity index (χ1n) is 12.5. The van der Waals surface area contributed by atoms with Gasteiger partial charge in [-0.25, -0.2) is 0 Å². The van der Waals surface area contributed by atoms with Crippen molar-refractivity contribution < 1.29 is 38.1 Å². The van der Waals surface area contributed by atoms with E-state index >= 15 is 0 Å². The summed E-state index contributed by atoms with van der Waals surface area (Å²) in [6, 6.07) is 8.19. The zero-order valence-corrected chi connectivity index (χ0v) is 22.1. The van der Waals surface area contributed by atoms with Crippen LogP contribution in [0.25, 0.3) is 0 Å². The van der Waals surface area contributed by atoms with Crippen molar-refractivity contribution in [2.75, 3.05) is 39.9 Å². The Morgan fingerprint density at radius 3 is 1.87 bits per heavy atom. The Balaban J connectivity index is 1.53. The van der Waals surface area contributed by atoms with E-state index in [-0.39, 0.29) is 23.9 Å². The highest BCUT2D eigenvalue weighted by Gasteiger charge is 2.51. The third-order valence-corrected chi connectivity index (χ3v) is 7.31. The van der Waals surface area contributed by atoms with E-state index in [1.165, 1.54) is 55.3 Å². The summed E-state index contributed by atoms with van der Waals surface area (Å²) >= 11 is 0. The first-order valence-corrected chi connectivity index (χ1v) is 12.5. The molecule has 0 saturated carbocycles. The maximum Gasteiger partial charge on any atom is 0.296 e. The molecule has 0 aliphatic carbocycles. The Morgan fingerprint density at radius 1 is 0.769 bits per heavy atom. The number of carbonyl (C=O) groups is 4. The summed E-state index contributed by atoms with van der Waals surface area (Å²) in [5.74, 6) is -0.544. The summed E-state index contributed by atoms with van der Waals surface area (Å²) in [6.07, 6.45) is 3.21. The Morgan fingerprint density at radius 2 is 1.31 bits per heavy atom. The first-order chi connectivity index (χ1) is 18.8. The third kappa shape index (κ3) is 4.53. The number of ether oxygens (including phenoxy) is 4. The molecule has 2 atom stereocenters. The molecular formula is C28H29N3O8. The first kappa shape index (κ1) is 26.1. The van der Waals surface area contributed by atoms with E-state index < -0.39 is 23.8 Å². The summed E-state index contributed by atoms with van der Waals surface area (Å²) < 4.78 is 21.2. The fourth-order valence-corrected chi connectivity index (χ4v) is 5.37. The van der Waals surface area contributed by atoms with E-state index in [1.54, 1.807) is 30.5 Å². The van der Waals surface area contributed by atoms with Crippen molar-refractivity contribution in [3.63, 3.8) is 0 Å². The van der Waals surface area contributed by atoms with E-state index in [0.29, 0.717) is 53.6 Å². The number of nitrogens with zero attached hydrogens (tertiary/aromatic N) is 3. The summed E-state index contributed by atoms with van der Waals surface area (Å²) in [4.78, 5) is 58.1. The van der Waals surface area contributed by atoms with Gasteiger partial charge in [0.2, 0.25) is 5.91 Å². The Kier molecular flexibility index (Phi) is 6.90. The molecule has 0 N–H and O–H groups in total. The molecule has 2 aromatic carbocycles. The molecule has 3 aliphatic rings. The Hall–Kier alpha value is -4.54.